The van der Waals surface area contributed by atoms with E-state index in [1.807, 2.05) is 0 Å². The predicted octanol–water partition coefficient (Wildman–Crippen LogP) is 2.94. The van der Waals surface area contributed by atoms with Gasteiger partial charge in [0.25, 0.3) is 0 Å². The van der Waals surface area contributed by atoms with Crippen molar-refractivity contribution in [2.75, 3.05) is 0 Å². The van der Waals surface area contributed by atoms with E-state index in [0.29, 0.717) is 11.1 Å². The number of primary amides is 1. The highest BCUT2D eigenvalue weighted by molar-refractivity contribution is 6.33. The molecule has 4 nitrogen and oxygen atoms in total. The highest BCUT2D eigenvalue weighted by Gasteiger charge is 2.13. The van der Waals surface area contributed by atoms with Gasteiger partial charge in [-0.1, -0.05) is 23.7 Å². The molecule has 0 spiro atoms. The number of carbonyl (C=O) groups is 2. The van der Waals surface area contributed by atoms with Gasteiger partial charge in [-0.3, -0.25) is 4.79 Å². The standard InChI is InChI=1S/C14H9ClFNO3/c15-11-3-1-7(5-9(11)13(17)18)8-2-4-12(16)10(6-8)14(19)20/h1-6H,(H2,17,18)(H,19,20). The van der Waals surface area contributed by atoms with E-state index in [2.05, 4.69) is 0 Å². The lowest BCUT2D eigenvalue weighted by molar-refractivity contribution is 0.0691. The molecule has 0 saturated heterocycles. The van der Waals surface area contributed by atoms with Crippen LogP contribution in [0.25, 0.3) is 11.1 Å². The summed E-state index contributed by atoms with van der Waals surface area (Å²) in [5, 5.41) is 9.08. The number of carboxylic acids is 1. The van der Waals surface area contributed by atoms with Crippen molar-refractivity contribution in [3.05, 3.63) is 58.4 Å². The van der Waals surface area contributed by atoms with E-state index in [4.69, 9.17) is 22.4 Å². The molecule has 6 heteroatoms. The molecule has 102 valence electrons. The van der Waals surface area contributed by atoms with Crippen LogP contribution in [0.2, 0.25) is 5.02 Å². The molecule has 2 aromatic rings. The number of benzene rings is 2. The Labute approximate surface area is 118 Å². The topological polar surface area (TPSA) is 80.4 Å². The number of amides is 1. The molecule has 0 bridgehead atoms. The Balaban J connectivity index is 2.57. The first kappa shape index (κ1) is 14.0. The summed E-state index contributed by atoms with van der Waals surface area (Å²) < 4.78 is 13.3. The molecular formula is C14H9ClFNO3. The van der Waals surface area contributed by atoms with Gasteiger partial charge in [0, 0.05) is 0 Å². The fraction of sp³-hybridized carbons (Fsp3) is 0. The van der Waals surface area contributed by atoms with Crippen molar-refractivity contribution >= 4 is 23.5 Å². The lowest BCUT2D eigenvalue weighted by Gasteiger charge is -2.07. The van der Waals surface area contributed by atoms with Gasteiger partial charge in [0.05, 0.1) is 16.1 Å². The maximum atomic E-state index is 13.3. The van der Waals surface area contributed by atoms with Crippen LogP contribution in [0.4, 0.5) is 4.39 Å². The third-order valence-corrected chi connectivity index (χ3v) is 3.09. The van der Waals surface area contributed by atoms with Crippen LogP contribution < -0.4 is 5.73 Å². The summed E-state index contributed by atoms with van der Waals surface area (Å²) in [6, 6.07) is 8.15. The Morgan fingerprint density at radius 1 is 1.05 bits per heavy atom. The zero-order valence-electron chi connectivity index (χ0n) is 10.1. The zero-order valence-corrected chi connectivity index (χ0v) is 10.8. The SMILES string of the molecule is NC(=O)c1cc(-c2ccc(F)c(C(=O)O)c2)ccc1Cl. The summed E-state index contributed by atoms with van der Waals surface area (Å²) in [6.45, 7) is 0. The molecule has 0 fully saturated rings. The van der Waals surface area contributed by atoms with Crippen LogP contribution in [0.1, 0.15) is 20.7 Å². The van der Waals surface area contributed by atoms with Crippen molar-refractivity contribution in [1.82, 2.24) is 0 Å². The fourth-order valence-electron chi connectivity index (χ4n) is 1.76. The lowest BCUT2D eigenvalue weighted by Crippen LogP contribution is -2.11. The Morgan fingerprint density at radius 3 is 2.15 bits per heavy atom. The van der Waals surface area contributed by atoms with Crippen molar-refractivity contribution in [1.29, 1.82) is 0 Å². The van der Waals surface area contributed by atoms with Crippen LogP contribution in [-0.2, 0) is 0 Å². The molecule has 0 aromatic heterocycles. The van der Waals surface area contributed by atoms with E-state index in [9.17, 15) is 14.0 Å². The van der Waals surface area contributed by atoms with Crippen LogP contribution >= 0.6 is 11.6 Å². The summed E-state index contributed by atoms with van der Waals surface area (Å²) in [5.74, 6) is -2.89. The number of hydrogen-bond acceptors (Lipinski definition) is 2. The third-order valence-electron chi connectivity index (χ3n) is 2.76. The predicted molar refractivity (Wildman–Crippen MR) is 72.3 cm³/mol. The van der Waals surface area contributed by atoms with E-state index in [1.54, 1.807) is 6.07 Å². The molecule has 20 heavy (non-hydrogen) atoms. The van der Waals surface area contributed by atoms with Gasteiger partial charge in [-0.15, -0.1) is 0 Å². The van der Waals surface area contributed by atoms with Crippen molar-refractivity contribution in [3.8, 4) is 11.1 Å². The van der Waals surface area contributed by atoms with Crippen molar-refractivity contribution < 1.29 is 19.1 Å². The molecule has 0 atom stereocenters. The second kappa shape index (κ2) is 5.30. The minimum atomic E-state index is -1.37. The van der Waals surface area contributed by atoms with E-state index < -0.39 is 23.3 Å². The molecule has 3 N–H and O–H groups in total. The second-order valence-electron chi connectivity index (χ2n) is 4.06. The average Bonchev–Trinajstić information content (AvgIpc) is 2.39. The molecule has 0 saturated carbocycles. The normalized spacial score (nSPS) is 10.3. The van der Waals surface area contributed by atoms with E-state index in [1.165, 1.54) is 24.3 Å². The molecule has 0 aliphatic heterocycles. The van der Waals surface area contributed by atoms with Crippen LogP contribution in [0.3, 0.4) is 0 Å². The van der Waals surface area contributed by atoms with Gasteiger partial charge in [-0.2, -0.15) is 0 Å². The minimum absolute atomic E-state index is 0.116. The summed E-state index contributed by atoms with van der Waals surface area (Å²) in [6.07, 6.45) is 0. The smallest absolute Gasteiger partial charge is 0.338 e. The van der Waals surface area contributed by atoms with Crippen molar-refractivity contribution in [2.45, 2.75) is 0 Å². The Kier molecular flexibility index (Phi) is 3.72. The number of nitrogens with two attached hydrogens (primary N) is 1. The monoisotopic (exact) mass is 293 g/mol. The maximum Gasteiger partial charge on any atom is 0.338 e. The number of rotatable bonds is 3. The summed E-state index contributed by atoms with van der Waals surface area (Å²) >= 11 is 5.83. The summed E-state index contributed by atoms with van der Waals surface area (Å²) in [4.78, 5) is 22.1. The van der Waals surface area contributed by atoms with Crippen LogP contribution in [0, 0.1) is 5.82 Å². The Bertz CT molecular complexity index is 654. The molecule has 2 aromatic carbocycles. The third kappa shape index (κ3) is 2.62. The Hall–Kier alpha value is -2.40. The molecule has 2 rings (SSSR count). The number of carbonyl (C=O) groups excluding carboxylic acids is 1. The second-order valence-corrected chi connectivity index (χ2v) is 4.47. The molecule has 0 aliphatic carbocycles. The molecule has 0 aliphatic rings. The van der Waals surface area contributed by atoms with Crippen molar-refractivity contribution in [3.63, 3.8) is 0 Å². The molecule has 1 amide bonds. The zero-order chi connectivity index (χ0) is 14.9. The Morgan fingerprint density at radius 2 is 1.60 bits per heavy atom. The largest absolute Gasteiger partial charge is 0.478 e. The highest BCUT2D eigenvalue weighted by Crippen LogP contribution is 2.26. The maximum absolute atomic E-state index is 13.3. The van der Waals surface area contributed by atoms with E-state index in [0.717, 1.165) is 6.07 Å². The van der Waals surface area contributed by atoms with Crippen LogP contribution in [0.15, 0.2) is 36.4 Å². The van der Waals surface area contributed by atoms with Gasteiger partial charge in [-0.25, -0.2) is 9.18 Å². The number of halogens is 2. The first-order valence-corrected chi connectivity index (χ1v) is 5.90. The van der Waals surface area contributed by atoms with Gasteiger partial charge in [0.15, 0.2) is 0 Å². The van der Waals surface area contributed by atoms with Gasteiger partial charge < -0.3 is 10.8 Å². The van der Waals surface area contributed by atoms with Crippen molar-refractivity contribution in [2.24, 2.45) is 5.73 Å². The number of aromatic carboxylic acids is 1. The van der Waals surface area contributed by atoms with Gasteiger partial charge in [-0.05, 0) is 35.4 Å². The molecule has 0 radical (unpaired) electrons. The first-order chi connectivity index (χ1) is 9.40. The molecular weight excluding hydrogens is 285 g/mol. The minimum Gasteiger partial charge on any atom is -0.478 e. The van der Waals surface area contributed by atoms with E-state index >= 15 is 0 Å². The van der Waals surface area contributed by atoms with Gasteiger partial charge in [0.1, 0.15) is 5.82 Å². The number of carboxylic acid groups (broad SMARTS) is 1. The molecule has 0 unspecified atom stereocenters. The number of hydrogen-bond donors (Lipinski definition) is 2. The lowest BCUT2D eigenvalue weighted by atomic mass is 10.0. The average molecular weight is 294 g/mol. The first-order valence-electron chi connectivity index (χ1n) is 5.52. The fourth-order valence-corrected chi connectivity index (χ4v) is 1.97. The summed E-state index contributed by atoms with van der Waals surface area (Å²) in [7, 11) is 0. The molecule has 0 heterocycles. The summed E-state index contributed by atoms with van der Waals surface area (Å²) in [5.41, 5.74) is 5.82. The van der Waals surface area contributed by atoms with Gasteiger partial charge >= 0.3 is 5.97 Å². The quantitative estimate of drug-likeness (QED) is 0.913. The van der Waals surface area contributed by atoms with Crippen LogP contribution in [0.5, 0.6) is 0 Å². The van der Waals surface area contributed by atoms with Crippen LogP contribution in [-0.4, -0.2) is 17.0 Å². The highest BCUT2D eigenvalue weighted by atomic mass is 35.5. The van der Waals surface area contributed by atoms with E-state index in [-0.39, 0.29) is 10.6 Å². The van der Waals surface area contributed by atoms with Gasteiger partial charge in [0.2, 0.25) is 5.91 Å².